The van der Waals surface area contributed by atoms with Crippen LogP contribution in [-0.4, -0.2) is 37.7 Å². The monoisotopic (exact) mass is 207 g/mol. The van der Waals surface area contributed by atoms with Gasteiger partial charge in [-0.3, -0.25) is 9.59 Å². The SMILES string of the molecule is CN(C)c1nccc(C(=O)CN)c1C=O. The molecular weight excluding hydrogens is 194 g/mol. The minimum absolute atomic E-state index is 0.113. The number of aromatic nitrogens is 1. The van der Waals surface area contributed by atoms with E-state index in [4.69, 9.17) is 5.73 Å². The summed E-state index contributed by atoms with van der Waals surface area (Å²) in [5.74, 6) is 0.215. The Labute approximate surface area is 87.9 Å². The quantitative estimate of drug-likeness (QED) is 0.559. The van der Waals surface area contributed by atoms with Crippen molar-refractivity contribution in [3.05, 3.63) is 23.4 Å². The first-order valence-corrected chi connectivity index (χ1v) is 4.46. The van der Waals surface area contributed by atoms with Gasteiger partial charge in [0.15, 0.2) is 12.1 Å². The molecule has 0 fully saturated rings. The molecule has 0 atom stereocenters. The fraction of sp³-hybridized carbons (Fsp3) is 0.300. The largest absolute Gasteiger partial charge is 0.362 e. The Balaban J connectivity index is 3.34. The average Bonchev–Trinajstić information content (AvgIpc) is 2.26. The van der Waals surface area contributed by atoms with Crippen LogP contribution in [0.2, 0.25) is 0 Å². The van der Waals surface area contributed by atoms with E-state index in [9.17, 15) is 9.59 Å². The van der Waals surface area contributed by atoms with Crippen LogP contribution < -0.4 is 10.6 Å². The highest BCUT2D eigenvalue weighted by Crippen LogP contribution is 2.17. The fourth-order valence-electron chi connectivity index (χ4n) is 1.29. The van der Waals surface area contributed by atoms with Crippen LogP contribution in [0.4, 0.5) is 5.82 Å². The van der Waals surface area contributed by atoms with E-state index in [1.807, 2.05) is 0 Å². The Bertz CT molecular complexity index is 388. The summed E-state index contributed by atoms with van der Waals surface area (Å²) < 4.78 is 0. The molecule has 15 heavy (non-hydrogen) atoms. The topological polar surface area (TPSA) is 76.3 Å². The Morgan fingerprint density at radius 3 is 2.73 bits per heavy atom. The van der Waals surface area contributed by atoms with Gasteiger partial charge in [0, 0.05) is 25.9 Å². The highest BCUT2D eigenvalue weighted by Gasteiger charge is 2.15. The number of nitrogens with two attached hydrogens (primary N) is 1. The molecule has 1 aromatic heterocycles. The molecule has 5 heteroatoms. The molecule has 1 heterocycles. The van der Waals surface area contributed by atoms with E-state index in [0.717, 1.165) is 0 Å². The molecule has 0 aliphatic heterocycles. The molecule has 0 aromatic carbocycles. The normalized spacial score (nSPS) is 9.80. The summed E-state index contributed by atoms with van der Waals surface area (Å²) in [6, 6.07) is 1.51. The van der Waals surface area contributed by atoms with Crippen LogP contribution in [0.25, 0.3) is 0 Å². The Morgan fingerprint density at radius 2 is 2.27 bits per heavy atom. The third-order valence-corrected chi connectivity index (χ3v) is 2.00. The van der Waals surface area contributed by atoms with Gasteiger partial charge in [0.05, 0.1) is 12.1 Å². The molecule has 0 saturated carbocycles. The molecule has 0 aliphatic rings. The summed E-state index contributed by atoms with van der Waals surface area (Å²) in [5, 5.41) is 0. The Hall–Kier alpha value is -1.75. The maximum absolute atomic E-state index is 11.4. The second-order valence-corrected chi connectivity index (χ2v) is 3.24. The molecule has 80 valence electrons. The zero-order chi connectivity index (χ0) is 11.4. The van der Waals surface area contributed by atoms with Crippen molar-refractivity contribution in [1.29, 1.82) is 0 Å². The zero-order valence-electron chi connectivity index (χ0n) is 8.73. The number of rotatable bonds is 4. The predicted molar refractivity (Wildman–Crippen MR) is 57.3 cm³/mol. The lowest BCUT2D eigenvalue weighted by Gasteiger charge is -2.14. The summed E-state index contributed by atoms with van der Waals surface area (Å²) in [5.41, 5.74) is 5.87. The minimum Gasteiger partial charge on any atom is -0.362 e. The highest BCUT2D eigenvalue weighted by molar-refractivity contribution is 6.05. The van der Waals surface area contributed by atoms with Gasteiger partial charge in [0.25, 0.3) is 0 Å². The van der Waals surface area contributed by atoms with Crippen LogP contribution in [0.5, 0.6) is 0 Å². The van der Waals surface area contributed by atoms with E-state index in [0.29, 0.717) is 17.7 Å². The third kappa shape index (κ3) is 2.19. The lowest BCUT2D eigenvalue weighted by Crippen LogP contribution is -2.19. The van der Waals surface area contributed by atoms with Crippen molar-refractivity contribution < 1.29 is 9.59 Å². The Kier molecular flexibility index (Phi) is 3.51. The van der Waals surface area contributed by atoms with Gasteiger partial charge >= 0.3 is 0 Å². The summed E-state index contributed by atoms with van der Waals surface area (Å²) in [6.07, 6.45) is 2.12. The van der Waals surface area contributed by atoms with Crippen LogP contribution >= 0.6 is 0 Å². The molecule has 1 rings (SSSR count). The van der Waals surface area contributed by atoms with E-state index in [2.05, 4.69) is 4.98 Å². The van der Waals surface area contributed by atoms with Gasteiger partial charge < -0.3 is 10.6 Å². The number of pyridine rings is 1. The number of hydrogen-bond donors (Lipinski definition) is 1. The van der Waals surface area contributed by atoms with E-state index < -0.39 is 0 Å². The first-order chi connectivity index (χ1) is 7.11. The number of carbonyl (C=O) groups excluding carboxylic acids is 2. The van der Waals surface area contributed by atoms with Gasteiger partial charge in [-0.25, -0.2) is 4.98 Å². The van der Waals surface area contributed by atoms with Crippen molar-refractivity contribution in [1.82, 2.24) is 4.98 Å². The number of carbonyl (C=O) groups is 2. The summed E-state index contributed by atoms with van der Waals surface area (Å²) in [6.45, 7) is -0.113. The molecular formula is C10H13N3O2. The number of ketones is 1. The molecule has 0 saturated heterocycles. The number of anilines is 1. The molecule has 1 aromatic rings. The van der Waals surface area contributed by atoms with Gasteiger partial charge in [-0.05, 0) is 6.07 Å². The maximum atomic E-state index is 11.4. The molecule has 0 unspecified atom stereocenters. The van der Waals surface area contributed by atoms with Crippen LogP contribution in [0.1, 0.15) is 20.7 Å². The van der Waals surface area contributed by atoms with Gasteiger partial charge in [-0.1, -0.05) is 0 Å². The van der Waals surface area contributed by atoms with Gasteiger partial charge in [0.2, 0.25) is 0 Å². The number of nitrogens with zero attached hydrogens (tertiary/aromatic N) is 2. The lowest BCUT2D eigenvalue weighted by molar-refractivity contribution is 0.0994. The van der Waals surface area contributed by atoms with Crippen LogP contribution in [0.3, 0.4) is 0 Å². The molecule has 0 amide bonds. The standard InChI is InChI=1S/C10H13N3O2/c1-13(2)10-8(6-14)7(3-4-12-10)9(15)5-11/h3-4,6H,5,11H2,1-2H3. The molecule has 2 N–H and O–H groups in total. The van der Waals surface area contributed by atoms with Gasteiger partial charge in [-0.2, -0.15) is 0 Å². The van der Waals surface area contributed by atoms with Crippen LogP contribution in [0, 0.1) is 0 Å². The summed E-state index contributed by atoms with van der Waals surface area (Å²) in [4.78, 5) is 28.1. The molecule has 0 aliphatic carbocycles. The van der Waals surface area contributed by atoms with E-state index in [1.54, 1.807) is 19.0 Å². The first-order valence-electron chi connectivity index (χ1n) is 4.46. The van der Waals surface area contributed by atoms with Crippen molar-refractivity contribution >= 4 is 17.9 Å². The van der Waals surface area contributed by atoms with Crippen molar-refractivity contribution in [3.8, 4) is 0 Å². The first kappa shape index (κ1) is 11.3. The number of Topliss-reactive ketones (excluding diaryl/α,β-unsaturated/α-hetero) is 1. The van der Waals surface area contributed by atoms with Crippen molar-refractivity contribution in [2.45, 2.75) is 0 Å². The fourth-order valence-corrected chi connectivity index (χ4v) is 1.29. The maximum Gasteiger partial charge on any atom is 0.177 e. The molecule has 0 spiro atoms. The average molecular weight is 207 g/mol. The second-order valence-electron chi connectivity index (χ2n) is 3.24. The highest BCUT2D eigenvalue weighted by atomic mass is 16.1. The van der Waals surface area contributed by atoms with E-state index in [-0.39, 0.29) is 17.9 Å². The van der Waals surface area contributed by atoms with Crippen LogP contribution in [-0.2, 0) is 0 Å². The van der Waals surface area contributed by atoms with Gasteiger partial charge in [0.1, 0.15) is 5.82 Å². The molecule has 5 nitrogen and oxygen atoms in total. The summed E-state index contributed by atoms with van der Waals surface area (Å²) >= 11 is 0. The zero-order valence-corrected chi connectivity index (χ0v) is 8.73. The van der Waals surface area contributed by atoms with Gasteiger partial charge in [-0.15, -0.1) is 0 Å². The molecule has 0 bridgehead atoms. The third-order valence-electron chi connectivity index (χ3n) is 2.00. The summed E-state index contributed by atoms with van der Waals surface area (Å²) in [7, 11) is 3.51. The number of aldehydes is 1. The minimum atomic E-state index is -0.261. The van der Waals surface area contributed by atoms with E-state index in [1.165, 1.54) is 12.3 Å². The van der Waals surface area contributed by atoms with E-state index >= 15 is 0 Å². The lowest BCUT2D eigenvalue weighted by atomic mass is 10.1. The smallest absolute Gasteiger partial charge is 0.177 e. The van der Waals surface area contributed by atoms with Crippen LogP contribution in [0.15, 0.2) is 12.3 Å². The van der Waals surface area contributed by atoms with Crippen molar-refractivity contribution in [2.24, 2.45) is 5.73 Å². The molecule has 0 radical (unpaired) electrons. The number of hydrogen-bond acceptors (Lipinski definition) is 5. The predicted octanol–water partition coefficient (Wildman–Crippen LogP) is 0.102. The second kappa shape index (κ2) is 4.65. The van der Waals surface area contributed by atoms with Crippen molar-refractivity contribution in [2.75, 3.05) is 25.5 Å². The Morgan fingerprint density at radius 1 is 1.60 bits per heavy atom. The van der Waals surface area contributed by atoms with Crippen molar-refractivity contribution in [3.63, 3.8) is 0 Å².